The maximum absolute atomic E-state index is 9.19. The monoisotopic (exact) mass is 191 g/mol. The van der Waals surface area contributed by atoms with Crippen molar-refractivity contribution in [3.63, 3.8) is 0 Å². The van der Waals surface area contributed by atoms with Crippen molar-refractivity contribution in [2.45, 2.75) is 24.6 Å². The van der Waals surface area contributed by atoms with Crippen LogP contribution in [0.2, 0.25) is 0 Å². The first-order valence-electron chi connectivity index (χ1n) is 3.53. The highest BCUT2D eigenvalue weighted by atomic mass is 16.8. The van der Waals surface area contributed by atoms with Crippen LogP contribution in [-0.2, 0) is 9.57 Å². The zero-order valence-corrected chi connectivity index (χ0v) is 6.52. The maximum Gasteiger partial charge on any atom is 0.237 e. The molecule has 1 aliphatic rings. The topological polar surface area (TPSA) is 128 Å². The highest BCUT2D eigenvalue weighted by molar-refractivity contribution is 4.85. The average molecular weight is 191 g/mol. The summed E-state index contributed by atoms with van der Waals surface area (Å²) in [4.78, 5) is 6.61. The molecule has 1 heterocycles. The van der Waals surface area contributed by atoms with E-state index in [2.05, 4.69) is 15.0 Å². The van der Waals surface area contributed by atoms with Crippen molar-refractivity contribution in [1.29, 1.82) is 0 Å². The molecule has 0 aromatic heterocycles. The second kappa shape index (κ2) is 4.26. The van der Waals surface area contributed by atoms with Gasteiger partial charge in [-0.05, 0) is 5.53 Å². The van der Waals surface area contributed by atoms with Crippen LogP contribution in [0.3, 0.4) is 0 Å². The highest BCUT2D eigenvalue weighted by Gasteiger charge is 2.43. The van der Waals surface area contributed by atoms with Crippen LogP contribution in [0.4, 0.5) is 0 Å². The number of aliphatic hydroxyl groups excluding tert-OH is 3. The summed E-state index contributed by atoms with van der Waals surface area (Å²) in [5.74, 6) is 0. The van der Waals surface area contributed by atoms with E-state index < -0.39 is 31.2 Å². The molecule has 1 rings (SSSR count). The average Bonchev–Trinajstić information content (AvgIpc) is 2.41. The first-order valence-corrected chi connectivity index (χ1v) is 3.53. The zero-order valence-electron chi connectivity index (χ0n) is 6.52. The second-order valence-electron chi connectivity index (χ2n) is 2.48. The smallest absolute Gasteiger partial charge is 0.237 e. The summed E-state index contributed by atoms with van der Waals surface area (Å²) in [5.41, 5.74) is 7.89. The lowest BCUT2D eigenvalue weighted by Crippen LogP contribution is -2.34. The fourth-order valence-electron chi connectivity index (χ4n) is 1.02. The fraction of sp³-hybridized carbons (Fsp3) is 1.00. The van der Waals surface area contributed by atoms with Crippen LogP contribution >= 0.6 is 0 Å². The van der Waals surface area contributed by atoms with E-state index >= 15 is 0 Å². The molecule has 0 aromatic carbocycles. The summed E-state index contributed by atoms with van der Waals surface area (Å²) in [6.07, 6.45) is -4.73. The van der Waals surface area contributed by atoms with E-state index in [1.807, 2.05) is 0 Å². The highest BCUT2D eigenvalue weighted by Crippen LogP contribution is 2.21. The van der Waals surface area contributed by atoms with E-state index in [1.54, 1.807) is 0 Å². The second-order valence-corrected chi connectivity index (χ2v) is 2.48. The fourth-order valence-corrected chi connectivity index (χ4v) is 1.02. The minimum atomic E-state index is -1.33. The lowest BCUT2D eigenvalue weighted by atomic mass is 10.1. The Labute approximate surface area is 72.9 Å². The predicted molar refractivity (Wildman–Crippen MR) is 38.0 cm³/mol. The molecule has 0 amide bonds. The Balaban J connectivity index is 2.54. The molecule has 1 aliphatic heterocycles. The molecule has 1 fully saturated rings. The molecule has 0 radical (unpaired) electrons. The largest absolute Gasteiger partial charge is 0.400 e. The molecule has 3 N–H and O–H groups in total. The molecule has 0 spiro atoms. The Morgan fingerprint density at radius 3 is 2.62 bits per heavy atom. The zero-order chi connectivity index (χ0) is 9.84. The Morgan fingerprint density at radius 1 is 1.46 bits per heavy atom. The lowest BCUT2D eigenvalue weighted by molar-refractivity contribution is -0.170. The molecular weight excluding hydrogens is 182 g/mol. The van der Waals surface area contributed by atoms with E-state index in [0.717, 1.165) is 0 Å². The Morgan fingerprint density at radius 2 is 2.15 bits per heavy atom. The van der Waals surface area contributed by atoms with E-state index in [9.17, 15) is 10.2 Å². The molecule has 8 heteroatoms. The molecule has 0 aliphatic carbocycles. The van der Waals surface area contributed by atoms with Crippen molar-refractivity contribution in [1.82, 2.24) is 0 Å². The summed E-state index contributed by atoms with van der Waals surface area (Å²) in [7, 11) is 0. The standard InChI is InChI=1S/C5H9N3O5/c6-7-8-13-5-4(11)3(10)2(1-9)12-5/h2-5,9-11H,1H2/t2-,3-,4-,5?/m1/s1. The molecule has 0 saturated carbocycles. The molecule has 13 heavy (non-hydrogen) atoms. The third-order valence-corrected chi connectivity index (χ3v) is 1.69. The van der Waals surface area contributed by atoms with E-state index in [-0.39, 0.29) is 0 Å². The van der Waals surface area contributed by atoms with Gasteiger partial charge >= 0.3 is 0 Å². The van der Waals surface area contributed by atoms with Gasteiger partial charge < -0.3 is 24.9 Å². The summed E-state index contributed by atoms with van der Waals surface area (Å²) >= 11 is 0. The van der Waals surface area contributed by atoms with Gasteiger partial charge in [-0.2, -0.15) is 0 Å². The number of rotatable bonds is 3. The van der Waals surface area contributed by atoms with E-state index in [0.29, 0.717) is 0 Å². The normalized spacial score (nSPS) is 38.4. The van der Waals surface area contributed by atoms with E-state index in [4.69, 9.17) is 15.4 Å². The van der Waals surface area contributed by atoms with Crippen LogP contribution in [-0.4, -0.2) is 46.5 Å². The lowest BCUT2D eigenvalue weighted by Gasteiger charge is -2.11. The van der Waals surface area contributed by atoms with Gasteiger partial charge in [-0.25, -0.2) is 0 Å². The number of aliphatic hydroxyl groups is 3. The van der Waals surface area contributed by atoms with Gasteiger partial charge in [0.2, 0.25) is 6.29 Å². The molecule has 0 bridgehead atoms. The first kappa shape index (κ1) is 10.0. The number of hydrogen-bond donors (Lipinski definition) is 3. The molecule has 4 atom stereocenters. The third kappa shape index (κ3) is 2.00. The van der Waals surface area contributed by atoms with Crippen LogP contribution in [0.1, 0.15) is 0 Å². The van der Waals surface area contributed by atoms with Gasteiger partial charge in [0.1, 0.15) is 23.6 Å². The van der Waals surface area contributed by atoms with Crippen LogP contribution in [0, 0.1) is 0 Å². The van der Waals surface area contributed by atoms with Crippen molar-refractivity contribution in [2.24, 2.45) is 5.28 Å². The minimum Gasteiger partial charge on any atom is -0.400 e. The van der Waals surface area contributed by atoms with Crippen molar-refractivity contribution < 1.29 is 24.9 Å². The van der Waals surface area contributed by atoms with Gasteiger partial charge in [0.15, 0.2) is 0 Å². The van der Waals surface area contributed by atoms with Crippen LogP contribution < -0.4 is 0 Å². The predicted octanol–water partition coefficient (Wildman–Crippen LogP) is -1.33. The molecule has 8 nitrogen and oxygen atoms in total. The number of azide groups is 1. The maximum atomic E-state index is 9.19. The number of hydrogen-bond acceptors (Lipinski definition) is 6. The van der Waals surface area contributed by atoms with Crippen molar-refractivity contribution >= 4 is 0 Å². The SMILES string of the molecule is [N-]=[N+]=NOC1O[C@H](CO)[C@@H](O)[C@H]1O. The Bertz CT molecular complexity index is 218. The Kier molecular flexibility index (Phi) is 3.29. The summed E-state index contributed by atoms with van der Waals surface area (Å²) in [6.45, 7) is -0.450. The van der Waals surface area contributed by atoms with Crippen molar-refractivity contribution in [3.05, 3.63) is 10.4 Å². The molecular formula is C5H9N3O5. The minimum absolute atomic E-state index is 0.450. The van der Waals surface area contributed by atoms with Gasteiger partial charge in [0.25, 0.3) is 0 Å². The van der Waals surface area contributed by atoms with Crippen LogP contribution in [0.5, 0.6) is 0 Å². The summed E-state index contributed by atoms with van der Waals surface area (Å²) in [6, 6.07) is 0. The van der Waals surface area contributed by atoms with Crippen LogP contribution in [0.15, 0.2) is 5.28 Å². The van der Waals surface area contributed by atoms with Gasteiger partial charge in [-0.1, -0.05) is 0 Å². The summed E-state index contributed by atoms with van der Waals surface area (Å²) in [5, 5.41) is 29.7. The molecule has 1 saturated heterocycles. The first-order chi connectivity index (χ1) is 6.20. The van der Waals surface area contributed by atoms with Gasteiger partial charge in [0, 0.05) is 4.91 Å². The molecule has 0 aromatic rings. The number of nitrogens with zero attached hydrogens (tertiary/aromatic N) is 3. The van der Waals surface area contributed by atoms with Gasteiger partial charge in [-0.15, -0.1) is 0 Å². The Hall–Kier alpha value is -1.05. The van der Waals surface area contributed by atoms with Crippen LogP contribution in [0.25, 0.3) is 10.4 Å². The summed E-state index contributed by atoms with van der Waals surface area (Å²) < 4.78 is 4.80. The van der Waals surface area contributed by atoms with E-state index in [1.165, 1.54) is 0 Å². The van der Waals surface area contributed by atoms with Gasteiger partial charge in [0.05, 0.1) is 6.61 Å². The third-order valence-electron chi connectivity index (χ3n) is 1.69. The molecule has 1 unspecified atom stereocenters. The quantitative estimate of drug-likeness (QED) is 0.220. The number of ether oxygens (including phenoxy) is 1. The van der Waals surface area contributed by atoms with Crippen molar-refractivity contribution in [2.75, 3.05) is 6.61 Å². The van der Waals surface area contributed by atoms with Gasteiger partial charge in [-0.3, -0.25) is 0 Å². The molecule has 74 valence electrons. The van der Waals surface area contributed by atoms with Crippen molar-refractivity contribution in [3.8, 4) is 0 Å².